The number of hydrogen-bond donors (Lipinski definition) is 2. The van der Waals surface area contributed by atoms with Crippen LogP contribution in [0.4, 0.5) is 43.9 Å². The van der Waals surface area contributed by atoms with E-state index in [0.29, 0.717) is 38.4 Å². The molecule has 0 spiro atoms. The molecule has 3 heterocycles. The Labute approximate surface area is 220 Å². The highest BCUT2D eigenvalue weighted by Gasteiger charge is 2.38. The van der Waals surface area contributed by atoms with Crippen molar-refractivity contribution in [1.82, 2.24) is 15.0 Å². The topological polar surface area (TPSA) is 94.5 Å². The second-order valence-corrected chi connectivity index (χ2v) is 8.69. The van der Waals surface area contributed by atoms with E-state index in [2.05, 4.69) is 15.3 Å². The number of nitrogens with zero attached hydrogens (tertiary/aromatic N) is 5. The summed E-state index contributed by atoms with van der Waals surface area (Å²) in [5, 5.41) is 10.5. The van der Waals surface area contributed by atoms with Crippen LogP contribution in [0.1, 0.15) is 22.4 Å². The standard InChI is InChI=1S/C23H25F3N6.C2HF3O2/c1-31(2)22-29-19-11-14-32(21-18(23(24,25)26)9-6-12-27-21)13-10-17(19)20(30-22)28-15-16-7-4-3-5-8-16;3-2(4,5)1(6)7/h3-9,12H,10-11,13-15H2,1-2H3,(H,28,29,30);(H,6,7). The lowest BCUT2D eigenvalue weighted by Gasteiger charge is -2.24. The maximum atomic E-state index is 13.5. The molecule has 1 aliphatic rings. The first kappa shape index (κ1) is 29.5. The molecule has 210 valence electrons. The van der Waals surface area contributed by atoms with Gasteiger partial charge < -0.3 is 20.2 Å². The largest absolute Gasteiger partial charge is 0.490 e. The van der Waals surface area contributed by atoms with Crippen LogP contribution < -0.4 is 15.1 Å². The molecule has 0 amide bonds. The Bertz CT molecular complexity index is 1270. The van der Waals surface area contributed by atoms with Gasteiger partial charge in [-0.2, -0.15) is 31.3 Å². The maximum absolute atomic E-state index is 13.5. The number of nitrogens with one attached hydrogen (secondary N) is 1. The lowest BCUT2D eigenvalue weighted by molar-refractivity contribution is -0.192. The third kappa shape index (κ3) is 7.94. The minimum absolute atomic E-state index is 0.0348. The number of benzene rings is 1. The Kier molecular flexibility index (Phi) is 9.20. The minimum atomic E-state index is -5.08. The number of halogens is 6. The molecule has 0 atom stereocenters. The van der Waals surface area contributed by atoms with Crippen LogP contribution in [0.25, 0.3) is 0 Å². The van der Waals surface area contributed by atoms with E-state index in [4.69, 9.17) is 14.9 Å². The van der Waals surface area contributed by atoms with Gasteiger partial charge in [0, 0.05) is 51.9 Å². The van der Waals surface area contributed by atoms with Gasteiger partial charge in [-0.1, -0.05) is 30.3 Å². The fourth-order valence-corrected chi connectivity index (χ4v) is 3.80. The number of alkyl halides is 6. The van der Waals surface area contributed by atoms with Gasteiger partial charge in [-0.3, -0.25) is 0 Å². The third-order valence-electron chi connectivity index (χ3n) is 5.67. The molecule has 14 heteroatoms. The molecule has 3 aromatic rings. The molecular formula is C25H26F6N6O2. The molecule has 0 radical (unpaired) electrons. The van der Waals surface area contributed by atoms with Gasteiger partial charge in [0.1, 0.15) is 11.6 Å². The first-order valence-electron chi connectivity index (χ1n) is 11.7. The number of carboxylic acid groups (broad SMARTS) is 1. The highest BCUT2D eigenvalue weighted by atomic mass is 19.4. The molecule has 1 aliphatic heterocycles. The first-order chi connectivity index (χ1) is 18.3. The van der Waals surface area contributed by atoms with Crippen LogP contribution in [-0.4, -0.2) is 59.4 Å². The van der Waals surface area contributed by atoms with Gasteiger partial charge in [-0.15, -0.1) is 0 Å². The first-order valence-corrected chi connectivity index (χ1v) is 11.7. The van der Waals surface area contributed by atoms with Gasteiger partial charge in [0.15, 0.2) is 0 Å². The van der Waals surface area contributed by atoms with Crippen molar-refractivity contribution in [3.8, 4) is 0 Å². The van der Waals surface area contributed by atoms with E-state index in [1.54, 1.807) is 4.90 Å². The molecular weight excluding hydrogens is 530 g/mol. The van der Waals surface area contributed by atoms with Crippen LogP contribution in [0.3, 0.4) is 0 Å². The lowest BCUT2D eigenvalue weighted by atomic mass is 10.1. The molecule has 0 unspecified atom stereocenters. The summed E-state index contributed by atoms with van der Waals surface area (Å²) in [5.41, 5.74) is 2.20. The maximum Gasteiger partial charge on any atom is 0.490 e. The normalized spacial score (nSPS) is 13.5. The molecule has 1 aromatic carbocycles. The summed E-state index contributed by atoms with van der Waals surface area (Å²) < 4.78 is 72.3. The van der Waals surface area contributed by atoms with Crippen molar-refractivity contribution in [1.29, 1.82) is 0 Å². The predicted molar refractivity (Wildman–Crippen MR) is 133 cm³/mol. The average Bonchev–Trinajstić information content (AvgIpc) is 3.10. The van der Waals surface area contributed by atoms with E-state index >= 15 is 0 Å². The van der Waals surface area contributed by atoms with Crippen LogP contribution in [0.5, 0.6) is 0 Å². The van der Waals surface area contributed by atoms with E-state index in [9.17, 15) is 26.3 Å². The van der Waals surface area contributed by atoms with Crippen molar-refractivity contribution in [2.75, 3.05) is 42.3 Å². The zero-order valence-corrected chi connectivity index (χ0v) is 21.0. The summed E-state index contributed by atoms with van der Waals surface area (Å²) in [6.07, 6.45) is -7.11. The molecule has 4 rings (SSSR count). The molecule has 8 nitrogen and oxygen atoms in total. The number of rotatable bonds is 5. The number of fused-ring (bicyclic) bond motifs is 1. The fourth-order valence-electron chi connectivity index (χ4n) is 3.80. The van der Waals surface area contributed by atoms with Crippen molar-refractivity contribution < 1.29 is 36.2 Å². The smallest absolute Gasteiger partial charge is 0.475 e. The van der Waals surface area contributed by atoms with E-state index in [1.165, 1.54) is 12.3 Å². The van der Waals surface area contributed by atoms with E-state index in [-0.39, 0.29) is 5.82 Å². The summed E-state index contributed by atoms with van der Waals surface area (Å²) in [6.45, 7) is 1.40. The number of aliphatic carboxylic acids is 1. The van der Waals surface area contributed by atoms with Crippen LogP contribution in [-0.2, 0) is 30.4 Å². The molecule has 0 aliphatic carbocycles. The molecule has 2 aromatic heterocycles. The SMILES string of the molecule is CN(C)c1nc2c(c(NCc3ccccc3)n1)CCN(c1ncccc1C(F)(F)F)CC2.O=C(O)C(F)(F)F. The highest BCUT2D eigenvalue weighted by Crippen LogP contribution is 2.36. The number of hydrogen-bond acceptors (Lipinski definition) is 7. The fraction of sp³-hybridized carbons (Fsp3) is 0.360. The number of pyridine rings is 1. The predicted octanol–water partition coefficient (Wildman–Crippen LogP) is 4.81. The Balaban J connectivity index is 0.000000532. The van der Waals surface area contributed by atoms with Crippen molar-refractivity contribution >= 4 is 23.6 Å². The van der Waals surface area contributed by atoms with Crippen LogP contribution in [0, 0.1) is 0 Å². The van der Waals surface area contributed by atoms with Crippen molar-refractivity contribution in [2.45, 2.75) is 31.7 Å². The molecule has 0 saturated heterocycles. The Morgan fingerprint density at radius 3 is 2.23 bits per heavy atom. The van der Waals surface area contributed by atoms with E-state index < -0.39 is 23.9 Å². The monoisotopic (exact) mass is 556 g/mol. The van der Waals surface area contributed by atoms with Gasteiger partial charge in [0.2, 0.25) is 5.95 Å². The molecule has 2 N–H and O–H groups in total. The minimum Gasteiger partial charge on any atom is -0.475 e. The second-order valence-electron chi connectivity index (χ2n) is 8.69. The summed E-state index contributed by atoms with van der Waals surface area (Å²) in [5.74, 6) is -1.50. The van der Waals surface area contributed by atoms with Gasteiger partial charge in [-0.25, -0.2) is 14.8 Å². The zero-order chi connectivity index (χ0) is 28.8. The number of carboxylic acids is 1. The number of carbonyl (C=O) groups is 1. The average molecular weight is 557 g/mol. The van der Waals surface area contributed by atoms with E-state index in [1.807, 2.05) is 49.3 Å². The molecule has 39 heavy (non-hydrogen) atoms. The summed E-state index contributed by atoms with van der Waals surface area (Å²) in [7, 11) is 3.74. The van der Waals surface area contributed by atoms with Crippen LogP contribution >= 0.6 is 0 Å². The summed E-state index contributed by atoms with van der Waals surface area (Å²) >= 11 is 0. The molecule has 0 bridgehead atoms. The number of anilines is 3. The molecule has 0 fully saturated rings. The van der Waals surface area contributed by atoms with Crippen molar-refractivity contribution in [3.63, 3.8) is 0 Å². The van der Waals surface area contributed by atoms with E-state index in [0.717, 1.165) is 28.7 Å². The Morgan fingerprint density at radius 2 is 1.64 bits per heavy atom. The van der Waals surface area contributed by atoms with Crippen LogP contribution in [0.15, 0.2) is 48.7 Å². The lowest BCUT2D eigenvalue weighted by Crippen LogP contribution is -2.29. The summed E-state index contributed by atoms with van der Waals surface area (Å²) in [4.78, 5) is 25.9. The summed E-state index contributed by atoms with van der Waals surface area (Å²) in [6, 6.07) is 12.4. The second kappa shape index (κ2) is 12.2. The Hall–Kier alpha value is -4.10. The molecule has 0 saturated carbocycles. The van der Waals surface area contributed by atoms with Gasteiger partial charge >= 0.3 is 18.3 Å². The quantitative estimate of drug-likeness (QED) is 0.433. The Morgan fingerprint density at radius 1 is 1.00 bits per heavy atom. The zero-order valence-electron chi connectivity index (χ0n) is 21.0. The highest BCUT2D eigenvalue weighted by molar-refractivity contribution is 5.73. The van der Waals surface area contributed by atoms with Crippen molar-refractivity contribution in [2.24, 2.45) is 0 Å². The number of aromatic nitrogens is 3. The van der Waals surface area contributed by atoms with Gasteiger partial charge in [0.05, 0.1) is 11.3 Å². The third-order valence-corrected chi connectivity index (χ3v) is 5.67. The van der Waals surface area contributed by atoms with Crippen LogP contribution in [0.2, 0.25) is 0 Å². The van der Waals surface area contributed by atoms with Gasteiger partial charge in [0.25, 0.3) is 0 Å². The van der Waals surface area contributed by atoms with Crippen molar-refractivity contribution in [3.05, 3.63) is 71.0 Å². The van der Waals surface area contributed by atoms with Gasteiger partial charge in [-0.05, 0) is 24.1 Å².